The van der Waals surface area contributed by atoms with Crippen LogP contribution in [0.3, 0.4) is 0 Å². The van der Waals surface area contributed by atoms with E-state index in [4.69, 9.17) is 9.94 Å². The lowest BCUT2D eigenvalue weighted by Gasteiger charge is -2.19. The SMILES string of the molecule is C=C(C)C(=O)ON(CC)Cc1ccccc1.C=C=C(C)C.CCCCCO. The molecule has 0 bridgehead atoms. The first-order valence-electron chi connectivity index (χ1n) is 9.43. The van der Waals surface area contributed by atoms with Crippen LogP contribution in [0.1, 0.15) is 59.4 Å². The number of allylic oxidation sites excluding steroid dienone is 1. The highest BCUT2D eigenvalue weighted by molar-refractivity contribution is 5.86. The summed E-state index contributed by atoms with van der Waals surface area (Å²) in [6, 6.07) is 9.88. The van der Waals surface area contributed by atoms with Gasteiger partial charge in [-0.15, -0.1) is 10.8 Å². The van der Waals surface area contributed by atoms with Crippen LogP contribution in [0.4, 0.5) is 0 Å². The zero-order chi connectivity index (χ0) is 21.1. The van der Waals surface area contributed by atoms with Gasteiger partial charge in [-0.2, -0.15) is 0 Å². The molecule has 1 rings (SSSR count). The molecule has 0 saturated heterocycles. The van der Waals surface area contributed by atoms with E-state index >= 15 is 0 Å². The number of carbonyl (C=O) groups excluding carboxylic acids is 1. The second-order valence-corrected chi connectivity index (χ2v) is 6.21. The summed E-state index contributed by atoms with van der Waals surface area (Å²) in [4.78, 5) is 16.5. The van der Waals surface area contributed by atoms with Gasteiger partial charge in [0.25, 0.3) is 0 Å². The highest BCUT2D eigenvalue weighted by Gasteiger charge is 2.10. The topological polar surface area (TPSA) is 49.8 Å². The second-order valence-electron chi connectivity index (χ2n) is 6.21. The quantitative estimate of drug-likeness (QED) is 0.284. The maximum Gasteiger partial charge on any atom is 0.352 e. The van der Waals surface area contributed by atoms with Crippen LogP contribution in [0.25, 0.3) is 0 Å². The van der Waals surface area contributed by atoms with Crippen molar-refractivity contribution in [3.8, 4) is 0 Å². The van der Waals surface area contributed by atoms with Gasteiger partial charge in [0.15, 0.2) is 0 Å². The van der Waals surface area contributed by atoms with E-state index in [2.05, 4.69) is 25.8 Å². The van der Waals surface area contributed by atoms with Gasteiger partial charge in [-0.3, -0.25) is 0 Å². The first-order valence-corrected chi connectivity index (χ1v) is 9.43. The normalized spacial score (nSPS) is 9.15. The van der Waals surface area contributed by atoms with E-state index in [-0.39, 0.29) is 5.97 Å². The smallest absolute Gasteiger partial charge is 0.352 e. The Labute approximate surface area is 165 Å². The Morgan fingerprint density at radius 2 is 1.70 bits per heavy atom. The summed E-state index contributed by atoms with van der Waals surface area (Å²) in [5, 5.41) is 9.81. The lowest BCUT2D eigenvalue weighted by Crippen LogP contribution is -2.27. The molecule has 0 aliphatic rings. The maximum absolute atomic E-state index is 11.3. The third-order valence-electron chi connectivity index (χ3n) is 3.23. The molecule has 0 spiro atoms. The van der Waals surface area contributed by atoms with Crippen molar-refractivity contribution in [2.75, 3.05) is 13.2 Å². The Balaban J connectivity index is 0. The van der Waals surface area contributed by atoms with Crippen molar-refractivity contribution in [3.05, 3.63) is 65.9 Å². The molecule has 1 N–H and O–H groups in total. The second kappa shape index (κ2) is 18.7. The molecule has 1 aromatic carbocycles. The van der Waals surface area contributed by atoms with E-state index in [1.807, 2.05) is 51.1 Å². The van der Waals surface area contributed by atoms with Crippen LogP contribution in [0, 0.1) is 0 Å². The summed E-state index contributed by atoms with van der Waals surface area (Å²) in [7, 11) is 0. The first-order chi connectivity index (χ1) is 12.8. The lowest BCUT2D eigenvalue weighted by molar-refractivity contribution is -0.187. The van der Waals surface area contributed by atoms with Crippen molar-refractivity contribution in [2.24, 2.45) is 0 Å². The van der Waals surface area contributed by atoms with Crippen molar-refractivity contribution in [1.82, 2.24) is 5.06 Å². The fourth-order valence-electron chi connectivity index (χ4n) is 1.55. The van der Waals surface area contributed by atoms with Gasteiger partial charge in [0, 0.05) is 18.7 Å². The van der Waals surface area contributed by atoms with Crippen LogP contribution >= 0.6 is 0 Å². The molecule has 0 fully saturated rings. The Hall–Kier alpha value is -2.13. The van der Waals surface area contributed by atoms with E-state index in [1.165, 1.54) is 6.42 Å². The standard InChI is InChI=1S/C13H17NO2.C5H12O.C5H8/c1-4-14(16-13(15)11(2)3)10-12-8-6-5-7-9-12;1-2-3-4-5-6;1-4-5(2)3/h5-9H,2,4,10H2,1,3H3;6H,2-5H2,1H3;1H2,2-3H3. The molecule has 4 heteroatoms. The van der Waals surface area contributed by atoms with E-state index in [0.29, 0.717) is 25.3 Å². The van der Waals surface area contributed by atoms with Gasteiger partial charge >= 0.3 is 5.97 Å². The summed E-state index contributed by atoms with van der Waals surface area (Å²) in [5.41, 5.74) is 5.36. The number of rotatable bonds is 8. The molecule has 0 aliphatic carbocycles. The molecule has 0 aliphatic heterocycles. The van der Waals surface area contributed by atoms with E-state index in [1.54, 1.807) is 12.0 Å². The molecule has 0 heterocycles. The Morgan fingerprint density at radius 1 is 1.15 bits per heavy atom. The number of hydrogen-bond acceptors (Lipinski definition) is 4. The Bertz CT molecular complexity index is 552. The van der Waals surface area contributed by atoms with Crippen molar-refractivity contribution in [2.45, 2.75) is 60.4 Å². The molecule has 4 nitrogen and oxygen atoms in total. The van der Waals surface area contributed by atoms with Gasteiger partial charge < -0.3 is 9.94 Å². The van der Waals surface area contributed by atoms with Crippen LogP contribution in [0.2, 0.25) is 0 Å². The third-order valence-corrected chi connectivity index (χ3v) is 3.23. The van der Waals surface area contributed by atoms with Crippen LogP contribution in [-0.4, -0.2) is 29.3 Å². The number of carbonyl (C=O) groups is 1. The van der Waals surface area contributed by atoms with E-state index in [9.17, 15) is 4.79 Å². The van der Waals surface area contributed by atoms with E-state index in [0.717, 1.165) is 24.0 Å². The fraction of sp³-hybridized carbons (Fsp3) is 0.478. The zero-order valence-corrected chi connectivity index (χ0v) is 17.8. The lowest BCUT2D eigenvalue weighted by atomic mass is 10.2. The molecule has 0 aromatic heterocycles. The minimum Gasteiger partial charge on any atom is -0.396 e. The number of nitrogens with zero attached hydrogens (tertiary/aromatic N) is 1. The number of benzene rings is 1. The molecule has 27 heavy (non-hydrogen) atoms. The van der Waals surface area contributed by atoms with Crippen molar-refractivity contribution >= 4 is 5.97 Å². The minimum absolute atomic E-state index is 0.355. The number of aliphatic hydroxyl groups is 1. The molecular weight excluding hydrogens is 338 g/mol. The molecule has 152 valence electrons. The minimum atomic E-state index is -0.377. The summed E-state index contributed by atoms with van der Waals surface area (Å²) in [6.45, 7) is 18.2. The van der Waals surface area contributed by atoms with Crippen molar-refractivity contribution < 1.29 is 14.7 Å². The molecule has 0 atom stereocenters. The number of hydrogen-bond donors (Lipinski definition) is 1. The van der Waals surface area contributed by atoms with Gasteiger partial charge in [-0.1, -0.05) is 63.3 Å². The van der Waals surface area contributed by atoms with Crippen LogP contribution < -0.4 is 0 Å². The average molecular weight is 376 g/mol. The fourth-order valence-corrected chi connectivity index (χ4v) is 1.55. The predicted octanol–water partition coefficient (Wildman–Crippen LogP) is 5.45. The van der Waals surface area contributed by atoms with Crippen molar-refractivity contribution in [3.63, 3.8) is 0 Å². The number of hydroxylamine groups is 2. The van der Waals surface area contributed by atoms with Gasteiger partial charge in [0.2, 0.25) is 0 Å². The molecule has 1 aromatic rings. The Kier molecular flexibility index (Phi) is 18.7. The molecule has 0 saturated carbocycles. The van der Waals surface area contributed by atoms with Crippen molar-refractivity contribution in [1.29, 1.82) is 0 Å². The average Bonchev–Trinajstić information content (AvgIpc) is 2.67. The summed E-state index contributed by atoms with van der Waals surface area (Å²) >= 11 is 0. The molecular formula is C23H37NO3. The molecule has 0 unspecified atom stereocenters. The van der Waals surface area contributed by atoms with Gasteiger partial charge in [-0.05, 0) is 45.3 Å². The van der Waals surface area contributed by atoms with Crippen LogP contribution in [0.5, 0.6) is 0 Å². The maximum atomic E-state index is 11.3. The van der Waals surface area contributed by atoms with Crippen LogP contribution in [0.15, 0.2) is 60.4 Å². The summed E-state index contributed by atoms with van der Waals surface area (Å²) < 4.78 is 0. The predicted molar refractivity (Wildman–Crippen MR) is 114 cm³/mol. The zero-order valence-electron chi connectivity index (χ0n) is 17.8. The first kappa shape index (κ1) is 27.1. The Morgan fingerprint density at radius 3 is 2.04 bits per heavy atom. The van der Waals surface area contributed by atoms with Gasteiger partial charge in [0.1, 0.15) is 0 Å². The number of aliphatic hydroxyl groups excluding tert-OH is 1. The molecule has 0 amide bonds. The monoisotopic (exact) mass is 375 g/mol. The largest absolute Gasteiger partial charge is 0.396 e. The van der Waals surface area contributed by atoms with E-state index < -0.39 is 0 Å². The molecule has 0 radical (unpaired) electrons. The highest BCUT2D eigenvalue weighted by atomic mass is 16.7. The number of unbranched alkanes of at least 4 members (excludes halogenated alkanes) is 2. The van der Waals surface area contributed by atoms with Gasteiger partial charge in [-0.25, -0.2) is 4.79 Å². The highest BCUT2D eigenvalue weighted by Crippen LogP contribution is 2.06. The van der Waals surface area contributed by atoms with Crippen LogP contribution in [-0.2, 0) is 16.2 Å². The third kappa shape index (κ3) is 18.5. The summed E-state index contributed by atoms with van der Waals surface area (Å²) in [5.74, 6) is -0.377. The summed E-state index contributed by atoms with van der Waals surface area (Å²) in [6.07, 6.45) is 3.33. The van der Waals surface area contributed by atoms with Gasteiger partial charge in [0.05, 0.1) is 6.54 Å².